The maximum absolute atomic E-state index is 12.4. The summed E-state index contributed by atoms with van der Waals surface area (Å²) in [6.07, 6.45) is 0. The minimum absolute atomic E-state index is 0.0862. The van der Waals surface area contributed by atoms with Crippen LogP contribution >= 0.6 is 0 Å². The lowest BCUT2D eigenvalue weighted by molar-refractivity contribution is 0.0686. The van der Waals surface area contributed by atoms with E-state index in [4.69, 9.17) is 10.8 Å². The van der Waals surface area contributed by atoms with Gasteiger partial charge >= 0.3 is 11.9 Å². The second-order valence-electron chi connectivity index (χ2n) is 10.6. The van der Waals surface area contributed by atoms with Crippen LogP contribution in [0.15, 0.2) is 128 Å². The van der Waals surface area contributed by atoms with Crippen molar-refractivity contribution in [1.82, 2.24) is 0 Å². The zero-order valence-corrected chi connectivity index (χ0v) is 25.8. The van der Waals surface area contributed by atoms with Crippen LogP contribution in [0.2, 0.25) is 0 Å². The number of benzene rings is 6. The molecule has 0 unspecified atom stereocenters. The van der Waals surface area contributed by atoms with Crippen LogP contribution in [0.5, 0.6) is 5.75 Å². The lowest BCUT2D eigenvalue weighted by atomic mass is 10.1. The molecule has 6 rings (SSSR count). The van der Waals surface area contributed by atoms with Crippen LogP contribution in [0, 0.1) is 0 Å². The normalized spacial score (nSPS) is 11.9. The average Bonchev–Trinajstić information content (AvgIpc) is 3.07. The number of carboxylic acids is 2. The minimum Gasteiger partial charge on any atom is -0.505 e. The zero-order chi connectivity index (χ0) is 34.9. The largest absolute Gasteiger partial charge is 0.505 e. The molecule has 0 aliphatic heterocycles. The number of azo groups is 2. The van der Waals surface area contributed by atoms with Gasteiger partial charge in [-0.2, -0.15) is 13.5 Å². The number of hydrogen-bond donors (Lipinski definition) is 6. The molecule has 0 saturated carbocycles. The van der Waals surface area contributed by atoms with Gasteiger partial charge in [-0.3, -0.25) is 4.55 Å². The molecule has 15 heteroatoms. The Kier molecular flexibility index (Phi) is 8.44. The Morgan fingerprint density at radius 1 is 0.673 bits per heavy atom. The monoisotopic (exact) mass is 676 g/mol. The van der Waals surface area contributed by atoms with Gasteiger partial charge in [0.1, 0.15) is 10.6 Å². The Labute approximate surface area is 277 Å². The molecule has 7 N–H and O–H groups in total. The van der Waals surface area contributed by atoms with Crippen molar-refractivity contribution in [3.63, 3.8) is 0 Å². The summed E-state index contributed by atoms with van der Waals surface area (Å²) in [7, 11) is -4.87. The Morgan fingerprint density at radius 3 is 1.92 bits per heavy atom. The lowest BCUT2D eigenvalue weighted by Gasteiger charge is -2.12. The standard InChI is InChI=1S/C34H24N6O8S/c35-27-12-11-22(17-26(27)34(44)45)37-38-28-13-14-29(24-4-2-1-3-23(24)28)39-40-31-30(49(46,47)48)15-19-7-10-21(16-25(19)32(31)41)36-20-8-5-18(6-9-20)33(42)43/h1-17,36,41H,35H2,(H,42,43)(H,44,45)(H,46,47,48). The van der Waals surface area contributed by atoms with Gasteiger partial charge in [0.2, 0.25) is 0 Å². The summed E-state index contributed by atoms with van der Waals surface area (Å²) in [6.45, 7) is 0. The molecule has 0 saturated heterocycles. The highest BCUT2D eigenvalue weighted by Gasteiger charge is 2.22. The number of rotatable bonds is 9. The summed E-state index contributed by atoms with van der Waals surface area (Å²) in [5.41, 5.74) is 7.30. The number of nitrogens with one attached hydrogen (secondary N) is 1. The molecule has 14 nitrogen and oxygen atoms in total. The maximum atomic E-state index is 12.4. The summed E-state index contributed by atoms with van der Waals surface area (Å²) in [5.74, 6) is -2.83. The Morgan fingerprint density at radius 2 is 1.31 bits per heavy atom. The van der Waals surface area contributed by atoms with Crippen LogP contribution in [-0.2, 0) is 10.1 Å². The van der Waals surface area contributed by atoms with E-state index in [0.29, 0.717) is 27.8 Å². The highest BCUT2D eigenvalue weighted by molar-refractivity contribution is 7.86. The van der Waals surface area contributed by atoms with Crippen molar-refractivity contribution in [2.24, 2.45) is 20.5 Å². The number of phenolic OH excluding ortho intramolecular Hbond substituents is 1. The number of carboxylic acid groups (broad SMARTS) is 2. The first-order chi connectivity index (χ1) is 23.4. The number of nitrogen functional groups attached to an aromatic ring is 1. The Balaban J connectivity index is 1.38. The predicted octanol–water partition coefficient (Wildman–Crippen LogP) is 8.50. The number of aromatic hydroxyl groups is 1. The van der Waals surface area contributed by atoms with Crippen molar-refractivity contribution in [3.05, 3.63) is 114 Å². The number of nitrogens with zero attached hydrogens (tertiary/aromatic N) is 4. The average molecular weight is 677 g/mol. The molecule has 0 fully saturated rings. The number of carbonyl (C=O) groups is 2. The smallest absolute Gasteiger partial charge is 0.337 e. The van der Waals surface area contributed by atoms with Crippen molar-refractivity contribution >= 4 is 83.4 Å². The fourth-order valence-electron chi connectivity index (χ4n) is 5.02. The van der Waals surface area contributed by atoms with Crippen LogP contribution in [0.3, 0.4) is 0 Å². The quantitative estimate of drug-likeness (QED) is 0.0485. The van der Waals surface area contributed by atoms with Gasteiger partial charge in [0.25, 0.3) is 10.1 Å². The fourth-order valence-corrected chi connectivity index (χ4v) is 5.68. The molecule has 0 radical (unpaired) electrons. The molecule has 6 aromatic rings. The van der Waals surface area contributed by atoms with Crippen molar-refractivity contribution in [1.29, 1.82) is 0 Å². The first kappa shape index (κ1) is 32.2. The number of nitrogens with two attached hydrogens (primary N) is 1. The van der Waals surface area contributed by atoms with Crippen LogP contribution in [0.4, 0.5) is 39.8 Å². The van der Waals surface area contributed by atoms with E-state index in [1.165, 1.54) is 48.5 Å². The Hall–Kier alpha value is -6.71. The molecule has 0 atom stereocenters. The number of anilines is 3. The first-order valence-electron chi connectivity index (χ1n) is 14.2. The van der Waals surface area contributed by atoms with Gasteiger partial charge in [0.05, 0.1) is 28.2 Å². The van der Waals surface area contributed by atoms with E-state index in [1.54, 1.807) is 54.6 Å². The van der Waals surface area contributed by atoms with Gasteiger partial charge in [0.15, 0.2) is 5.75 Å². The predicted molar refractivity (Wildman–Crippen MR) is 182 cm³/mol. The number of phenols is 1. The van der Waals surface area contributed by atoms with Gasteiger partial charge in [-0.05, 0) is 78.2 Å². The molecule has 0 heterocycles. The maximum Gasteiger partial charge on any atom is 0.337 e. The van der Waals surface area contributed by atoms with E-state index in [0.717, 1.165) is 0 Å². The summed E-state index contributed by atoms with van der Waals surface area (Å²) in [6, 6.07) is 26.2. The van der Waals surface area contributed by atoms with Gasteiger partial charge in [-0.25, -0.2) is 9.59 Å². The van der Waals surface area contributed by atoms with Gasteiger partial charge in [0, 0.05) is 33.2 Å². The molecule has 0 amide bonds. The summed E-state index contributed by atoms with van der Waals surface area (Å²) in [5, 5.41) is 51.2. The number of fused-ring (bicyclic) bond motifs is 2. The van der Waals surface area contributed by atoms with E-state index in [1.807, 2.05) is 0 Å². The van der Waals surface area contributed by atoms with Gasteiger partial charge < -0.3 is 26.4 Å². The molecule has 0 aliphatic rings. The van der Waals surface area contributed by atoms with E-state index >= 15 is 0 Å². The lowest BCUT2D eigenvalue weighted by Crippen LogP contribution is -2.01. The van der Waals surface area contributed by atoms with Gasteiger partial charge in [-0.1, -0.05) is 30.3 Å². The summed E-state index contributed by atoms with van der Waals surface area (Å²) >= 11 is 0. The van der Waals surface area contributed by atoms with Crippen molar-refractivity contribution in [2.45, 2.75) is 4.90 Å². The van der Waals surface area contributed by atoms with E-state index in [2.05, 4.69) is 25.8 Å². The van der Waals surface area contributed by atoms with Crippen LogP contribution in [0.25, 0.3) is 21.5 Å². The second kappa shape index (κ2) is 12.8. The fraction of sp³-hybridized carbons (Fsp3) is 0. The minimum atomic E-state index is -4.87. The molecule has 6 aromatic carbocycles. The third-order valence-corrected chi connectivity index (χ3v) is 8.29. The first-order valence-corrected chi connectivity index (χ1v) is 15.7. The molecule has 0 aromatic heterocycles. The molecular formula is C34H24N6O8S. The van der Waals surface area contributed by atoms with Crippen molar-refractivity contribution in [2.75, 3.05) is 11.1 Å². The second-order valence-corrected chi connectivity index (χ2v) is 12.0. The topological polar surface area (TPSA) is 237 Å². The SMILES string of the molecule is Nc1ccc(N=Nc2ccc(N=Nc3c(S(=O)(=O)O)cc4ccc(Nc5ccc(C(=O)O)cc5)cc4c3O)c3ccccc23)cc1C(=O)O. The number of aromatic carboxylic acids is 2. The highest BCUT2D eigenvalue weighted by Crippen LogP contribution is 2.43. The van der Waals surface area contributed by atoms with E-state index in [-0.39, 0.29) is 39.0 Å². The van der Waals surface area contributed by atoms with Crippen molar-refractivity contribution < 1.29 is 37.9 Å². The molecule has 0 aliphatic carbocycles. The molecule has 49 heavy (non-hydrogen) atoms. The number of hydrogen-bond acceptors (Lipinski definition) is 11. The molecule has 0 bridgehead atoms. The third-order valence-electron chi connectivity index (χ3n) is 7.43. The van der Waals surface area contributed by atoms with E-state index < -0.39 is 38.4 Å². The summed E-state index contributed by atoms with van der Waals surface area (Å²) < 4.78 is 34.8. The Bertz CT molecular complexity index is 2480. The zero-order valence-electron chi connectivity index (χ0n) is 25.0. The highest BCUT2D eigenvalue weighted by atomic mass is 32.2. The van der Waals surface area contributed by atoms with Crippen LogP contribution in [-0.4, -0.2) is 40.2 Å². The van der Waals surface area contributed by atoms with E-state index in [9.17, 15) is 32.8 Å². The van der Waals surface area contributed by atoms with Crippen molar-refractivity contribution in [3.8, 4) is 5.75 Å². The molecule has 0 spiro atoms. The summed E-state index contributed by atoms with van der Waals surface area (Å²) in [4.78, 5) is 21.9. The van der Waals surface area contributed by atoms with Crippen LogP contribution in [0.1, 0.15) is 20.7 Å². The molecule has 244 valence electrons. The third kappa shape index (κ3) is 6.73. The van der Waals surface area contributed by atoms with Gasteiger partial charge in [-0.15, -0.1) is 15.3 Å². The molecular weight excluding hydrogens is 652 g/mol. The van der Waals surface area contributed by atoms with Crippen LogP contribution < -0.4 is 11.1 Å².